The molecule has 0 fully saturated rings. The molecule has 0 saturated heterocycles. The van der Waals surface area contributed by atoms with Gasteiger partial charge in [0.1, 0.15) is 11.3 Å². The summed E-state index contributed by atoms with van der Waals surface area (Å²) in [7, 11) is 0. The molecule has 0 bridgehead atoms. The van der Waals surface area contributed by atoms with Crippen LogP contribution in [-0.4, -0.2) is 30.1 Å². The average Bonchev–Trinajstić information content (AvgIpc) is 2.73. The van der Waals surface area contributed by atoms with Crippen LogP contribution < -0.4 is 11.2 Å². The number of fused-ring (bicyclic) bond motifs is 1. The SMILES string of the molecule is O=c1[nH]c(=O)c2[nH]c(Cc3ccnnc3)nc2[nH]1. The molecule has 8 nitrogen and oxygen atoms in total. The van der Waals surface area contributed by atoms with Gasteiger partial charge in [0.25, 0.3) is 5.56 Å². The normalized spacial score (nSPS) is 10.9. The van der Waals surface area contributed by atoms with Crippen molar-refractivity contribution in [3.63, 3.8) is 0 Å². The first kappa shape index (κ1) is 10.4. The van der Waals surface area contributed by atoms with Crippen molar-refractivity contribution >= 4 is 11.2 Å². The molecule has 0 radical (unpaired) electrons. The molecular formula is C10H8N6O2. The second-order valence-electron chi connectivity index (χ2n) is 3.74. The highest BCUT2D eigenvalue weighted by Gasteiger charge is 2.08. The van der Waals surface area contributed by atoms with Gasteiger partial charge in [-0.05, 0) is 11.6 Å². The van der Waals surface area contributed by atoms with Crippen LogP contribution in [0.5, 0.6) is 0 Å². The third-order valence-corrected chi connectivity index (χ3v) is 2.46. The number of hydrogen-bond acceptors (Lipinski definition) is 5. The first-order valence-electron chi connectivity index (χ1n) is 5.19. The van der Waals surface area contributed by atoms with Gasteiger partial charge in [0.05, 0.1) is 6.20 Å². The molecule has 0 saturated carbocycles. The molecule has 0 spiro atoms. The number of aromatic nitrogens is 6. The minimum absolute atomic E-state index is 0.251. The molecule has 8 heteroatoms. The van der Waals surface area contributed by atoms with Gasteiger partial charge in [-0.25, -0.2) is 9.78 Å². The molecular weight excluding hydrogens is 236 g/mol. The number of hydrogen-bond donors (Lipinski definition) is 3. The summed E-state index contributed by atoms with van der Waals surface area (Å²) >= 11 is 0. The minimum Gasteiger partial charge on any atom is -0.336 e. The molecule has 3 aromatic heterocycles. The highest BCUT2D eigenvalue weighted by Crippen LogP contribution is 2.06. The Labute approximate surface area is 99.1 Å². The fourth-order valence-corrected chi connectivity index (χ4v) is 1.68. The van der Waals surface area contributed by atoms with E-state index in [4.69, 9.17) is 0 Å². The maximum absolute atomic E-state index is 11.5. The lowest BCUT2D eigenvalue weighted by atomic mass is 10.2. The maximum Gasteiger partial charge on any atom is 0.327 e. The molecule has 0 aliphatic heterocycles. The Morgan fingerprint density at radius 3 is 2.78 bits per heavy atom. The Balaban J connectivity index is 2.07. The summed E-state index contributed by atoms with van der Waals surface area (Å²) in [4.78, 5) is 34.2. The summed E-state index contributed by atoms with van der Waals surface area (Å²) in [5.74, 6) is 0.574. The van der Waals surface area contributed by atoms with Gasteiger partial charge in [-0.3, -0.25) is 14.8 Å². The van der Waals surface area contributed by atoms with Gasteiger partial charge in [-0.2, -0.15) is 10.2 Å². The summed E-state index contributed by atoms with van der Waals surface area (Å²) in [6, 6.07) is 1.80. The highest BCUT2D eigenvalue weighted by molar-refractivity contribution is 5.68. The van der Waals surface area contributed by atoms with Crippen LogP contribution in [-0.2, 0) is 6.42 Å². The van der Waals surface area contributed by atoms with Gasteiger partial charge in [-0.15, -0.1) is 0 Å². The number of nitrogens with zero attached hydrogens (tertiary/aromatic N) is 3. The van der Waals surface area contributed by atoms with E-state index in [2.05, 4.69) is 30.1 Å². The molecule has 0 aromatic carbocycles. The van der Waals surface area contributed by atoms with Crippen LogP contribution >= 0.6 is 0 Å². The lowest BCUT2D eigenvalue weighted by Gasteiger charge is -1.94. The van der Waals surface area contributed by atoms with Crippen molar-refractivity contribution in [2.75, 3.05) is 0 Å². The van der Waals surface area contributed by atoms with E-state index in [0.29, 0.717) is 12.2 Å². The zero-order chi connectivity index (χ0) is 12.5. The summed E-state index contributed by atoms with van der Waals surface area (Å²) in [5.41, 5.74) is 0.353. The maximum atomic E-state index is 11.5. The monoisotopic (exact) mass is 244 g/mol. The first-order valence-corrected chi connectivity index (χ1v) is 5.19. The molecule has 0 aliphatic carbocycles. The van der Waals surface area contributed by atoms with Crippen molar-refractivity contribution in [1.29, 1.82) is 0 Å². The molecule has 0 unspecified atom stereocenters. The molecule has 3 aromatic rings. The topological polar surface area (TPSA) is 120 Å². The van der Waals surface area contributed by atoms with Crippen LogP contribution in [0, 0.1) is 0 Å². The van der Waals surface area contributed by atoms with E-state index in [1.165, 1.54) is 0 Å². The van der Waals surface area contributed by atoms with E-state index in [9.17, 15) is 9.59 Å². The molecule has 0 aliphatic rings. The van der Waals surface area contributed by atoms with Crippen molar-refractivity contribution in [3.05, 3.63) is 50.7 Å². The van der Waals surface area contributed by atoms with Crippen LogP contribution in [0.1, 0.15) is 11.4 Å². The Morgan fingerprint density at radius 1 is 1.11 bits per heavy atom. The van der Waals surface area contributed by atoms with E-state index in [1.54, 1.807) is 18.5 Å². The molecule has 90 valence electrons. The fourth-order valence-electron chi connectivity index (χ4n) is 1.68. The van der Waals surface area contributed by atoms with E-state index in [1.807, 2.05) is 0 Å². The summed E-state index contributed by atoms with van der Waals surface area (Å²) in [6.45, 7) is 0. The molecule has 3 heterocycles. The molecule has 3 N–H and O–H groups in total. The summed E-state index contributed by atoms with van der Waals surface area (Å²) in [6.07, 6.45) is 3.67. The first-order chi connectivity index (χ1) is 8.72. The van der Waals surface area contributed by atoms with Crippen LogP contribution in [0.2, 0.25) is 0 Å². The van der Waals surface area contributed by atoms with Crippen LogP contribution in [0.15, 0.2) is 28.0 Å². The zero-order valence-electron chi connectivity index (χ0n) is 9.10. The third-order valence-electron chi connectivity index (χ3n) is 2.46. The second-order valence-corrected chi connectivity index (χ2v) is 3.74. The number of H-pyrrole nitrogens is 3. The lowest BCUT2D eigenvalue weighted by molar-refractivity contribution is 0.964. The predicted octanol–water partition coefficient (Wildman–Crippen LogP) is -0.680. The quantitative estimate of drug-likeness (QED) is 0.551. The molecule has 3 rings (SSSR count). The van der Waals surface area contributed by atoms with Gasteiger partial charge >= 0.3 is 5.69 Å². The number of imidazole rings is 1. The van der Waals surface area contributed by atoms with Gasteiger partial charge in [0.15, 0.2) is 5.65 Å². The van der Waals surface area contributed by atoms with Crippen molar-refractivity contribution in [2.24, 2.45) is 0 Å². The van der Waals surface area contributed by atoms with Gasteiger partial charge in [-0.1, -0.05) is 0 Å². The Bertz CT molecular complexity index is 800. The van der Waals surface area contributed by atoms with E-state index >= 15 is 0 Å². The Morgan fingerprint density at radius 2 is 2.00 bits per heavy atom. The average molecular weight is 244 g/mol. The van der Waals surface area contributed by atoms with Gasteiger partial charge in [0.2, 0.25) is 0 Å². The van der Waals surface area contributed by atoms with Gasteiger partial charge < -0.3 is 4.98 Å². The largest absolute Gasteiger partial charge is 0.336 e. The lowest BCUT2D eigenvalue weighted by Crippen LogP contribution is -2.21. The van der Waals surface area contributed by atoms with Crippen LogP contribution in [0.3, 0.4) is 0 Å². The Kier molecular flexibility index (Phi) is 2.26. The van der Waals surface area contributed by atoms with Crippen LogP contribution in [0.25, 0.3) is 11.2 Å². The highest BCUT2D eigenvalue weighted by atomic mass is 16.2. The van der Waals surface area contributed by atoms with Crippen molar-refractivity contribution in [1.82, 2.24) is 30.1 Å². The van der Waals surface area contributed by atoms with Gasteiger partial charge in [0, 0.05) is 12.6 Å². The number of nitrogens with one attached hydrogen (secondary N) is 3. The molecule has 18 heavy (non-hydrogen) atoms. The van der Waals surface area contributed by atoms with E-state index in [-0.39, 0.29) is 11.2 Å². The number of aromatic amines is 3. The number of rotatable bonds is 2. The molecule has 0 atom stereocenters. The van der Waals surface area contributed by atoms with Crippen molar-refractivity contribution in [3.8, 4) is 0 Å². The smallest absolute Gasteiger partial charge is 0.327 e. The minimum atomic E-state index is -0.573. The molecule has 0 amide bonds. The van der Waals surface area contributed by atoms with E-state index in [0.717, 1.165) is 5.56 Å². The van der Waals surface area contributed by atoms with Crippen molar-refractivity contribution < 1.29 is 0 Å². The second kappa shape index (κ2) is 3.91. The summed E-state index contributed by atoms with van der Waals surface area (Å²) in [5, 5.41) is 7.42. The third kappa shape index (κ3) is 1.79. The fraction of sp³-hybridized carbons (Fsp3) is 0.100. The van der Waals surface area contributed by atoms with E-state index < -0.39 is 11.2 Å². The standard InChI is InChI=1S/C10H8N6O2/c17-9-7-8(15-10(18)16-9)14-6(13-7)3-5-1-2-11-12-4-5/h1-2,4H,3H2,(H3,13,14,15,16,17,18). The van der Waals surface area contributed by atoms with Crippen LogP contribution in [0.4, 0.5) is 0 Å². The Hall–Kier alpha value is -2.77. The zero-order valence-corrected chi connectivity index (χ0v) is 9.10. The van der Waals surface area contributed by atoms with Crippen molar-refractivity contribution in [2.45, 2.75) is 6.42 Å². The predicted molar refractivity (Wildman–Crippen MR) is 62.2 cm³/mol. The summed E-state index contributed by atoms with van der Waals surface area (Å²) < 4.78 is 0.